The van der Waals surface area contributed by atoms with Crippen LogP contribution in [-0.2, 0) is 21.1 Å². The highest BCUT2D eigenvalue weighted by molar-refractivity contribution is 6.30. The van der Waals surface area contributed by atoms with E-state index in [9.17, 15) is 14.7 Å². The van der Waals surface area contributed by atoms with Crippen LogP contribution in [-0.4, -0.2) is 75.4 Å². The zero-order chi connectivity index (χ0) is 33.8. The second-order valence-corrected chi connectivity index (χ2v) is 13.2. The number of hydrogen-bond donors (Lipinski definition) is 1. The molecule has 4 aromatic rings. The molecule has 1 N–H and O–H groups in total. The maximum atomic E-state index is 17.0. The normalized spacial score (nSPS) is 26.5. The third-order valence-electron chi connectivity index (χ3n) is 9.53. The summed E-state index contributed by atoms with van der Waals surface area (Å²) in [6, 6.07) is 6.98. The largest absolute Gasteiger partial charge is 0.480 e. The van der Waals surface area contributed by atoms with Crippen molar-refractivity contribution in [1.82, 2.24) is 19.9 Å². The number of carboxylic acid groups (broad SMARTS) is 1. The predicted molar refractivity (Wildman–Crippen MR) is 168 cm³/mol. The van der Waals surface area contributed by atoms with E-state index in [2.05, 4.69) is 15.0 Å². The van der Waals surface area contributed by atoms with E-state index in [0.29, 0.717) is 23.8 Å². The number of pyridine rings is 1. The Morgan fingerprint density at radius 3 is 2.71 bits per heavy atom. The van der Waals surface area contributed by atoms with Crippen molar-refractivity contribution in [2.75, 3.05) is 31.1 Å². The number of anilines is 1. The summed E-state index contributed by atoms with van der Waals surface area (Å²) in [7, 11) is 0. The van der Waals surface area contributed by atoms with Crippen LogP contribution in [0.5, 0.6) is 5.88 Å². The fourth-order valence-corrected chi connectivity index (χ4v) is 7.08. The van der Waals surface area contributed by atoms with E-state index in [0.717, 1.165) is 0 Å². The van der Waals surface area contributed by atoms with Crippen LogP contribution < -0.4 is 9.64 Å². The fourth-order valence-electron chi connectivity index (χ4n) is 6.93. The van der Waals surface area contributed by atoms with Crippen molar-refractivity contribution >= 4 is 51.6 Å². The molecule has 0 saturated carbocycles. The number of benzene rings is 1. The average molecular weight is 688 g/mol. The third kappa shape index (κ3) is 5.73. The molecule has 0 unspecified atom stereocenters. The van der Waals surface area contributed by atoms with Gasteiger partial charge in [-0.1, -0.05) is 30.7 Å². The molecule has 0 radical (unpaired) electrons. The first-order valence-corrected chi connectivity index (χ1v) is 16.3. The minimum absolute atomic E-state index is 0.0206. The molecule has 2 saturated heterocycles. The maximum absolute atomic E-state index is 17.0. The van der Waals surface area contributed by atoms with Crippen molar-refractivity contribution in [2.45, 2.75) is 69.2 Å². The van der Waals surface area contributed by atoms with E-state index in [1.807, 2.05) is 0 Å². The Kier molecular flexibility index (Phi) is 8.25. The summed E-state index contributed by atoms with van der Waals surface area (Å²) in [5.41, 5.74) is -1.33. The van der Waals surface area contributed by atoms with Gasteiger partial charge in [0.15, 0.2) is 11.4 Å². The van der Waals surface area contributed by atoms with Crippen LogP contribution in [0.1, 0.15) is 56.8 Å². The number of aromatic nitrogens is 3. The molecule has 7 heterocycles. The lowest BCUT2D eigenvalue weighted by Crippen LogP contribution is -2.49. The molecule has 8 rings (SSSR count). The molecule has 1 aromatic carbocycles. The quantitative estimate of drug-likeness (QED) is 0.227. The van der Waals surface area contributed by atoms with E-state index in [1.54, 1.807) is 31.2 Å². The van der Waals surface area contributed by atoms with Gasteiger partial charge in [-0.2, -0.15) is 8.78 Å². The molecule has 11 nitrogen and oxygen atoms in total. The topological polar surface area (TPSA) is 131 Å². The molecule has 0 aliphatic carbocycles. The molecule has 0 spiro atoms. The number of piperidine rings is 1. The Labute approximate surface area is 278 Å². The summed E-state index contributed by atoms with van der Waals surface area (Å²) in [5, 5.41) is 11.0. The molecule has 15 heteroatoms. The minimum atomic E-state index is -3.47. The van der Waals surface area contributed by atoms with Crippen molar-refractivity contribution in [2.24, 2.45) is 5.92 Å². The Bertz CT molecular complexity index is 1890. The molecule has 1 amide bonds. The van der Waals surface area contributed by atoms with Gasteiger partial charge in [-0.25, -0.2) is 28.9 Å². The highest BCUT2D eigenvalue weighted by Gasteiger charge is 2.48. The van der Waals surface area contributed by atoms with E-state index >= 15 is 13.2 Å². The van der Waals surface area contributed by atoms with Crippen LogP contribution in [0.15, 0.2) is 40.9 Å². The maximum Gasteiger partial charge on any atom is 0.409 e. The first kappa shape index (κ1) is 32.2. The van der Waals surface area contributed by atoms with E-state index in [1.165, 1.54) is 22.1 Å². The SMILES string of the molecule is C[C@H]1CN2CC[C@]1(F)c1cc(Cl)cnc1O[C@H]1C[C@@H](C(=O)O)N(C1)c1nc(nc3c1oc1ccccc13)C(F)(F)CCCCCOC2=O. The molecule has 4 aliphatic heterocycles. The summed E-state index contributed by atoms with van der Waals surface area (Å²) in [6.07, 6.45) is -0.141. The van der Waals surface area contributed by atoms with Gasteiger partial charge < -0.3 is 28.8 Å². The number of fused-ring (bicyclic) bond motifs is 12. The van der Waals surface area contributed by atoms with Gasteiger partial charge in [0.25, 0.3) is 0 Å². The lowest BCUT2D eigenvalue weighted by atomic mass is 9.79. The standard InChI is InChI=1S/C33H33ClF3N5O6/c1-18-16-41-11-10-32(18,35)22-13-19(34)15-38-28(22)47-20-14-23(29(43)44)42(17-20)27-26-25(21-7-3-4-8-24(21)48-26)39-30(40-27)33(36,37)9-5-2-6-12-46-31(41)45/h3-4,7-8,13,15,18,20,23H,2,5-6,9-12,14,16-17H2,1H3,(H,43,44)/t18-,20-,23-,32+/m0/s1. The number of halogens is 4. The molecular formula is C33H33ClF3N5O6. The molecule has 4 atom stereocenters. The number of rotatable bonds is 1. The predicted octanol–water partition coefficient (Wildman–Crippen LogP) is 6.84. The zero-order valence-corrected chi connectivity index (χ0v) is 26.8. The van der Waals surface area contributed by atoms with Crippen molar-refractivity contribution in [3.05, 3.63) is 52.9 Å². The van der Waals surface area contributed by atoms with Crippen molar-refractivity contribution in [3.63, 3.8) is 0 Å². The number of aliphatic carboxylic acids is 1. The van der Waals surface area contributed by atoms with Crippen molar-refractivity contribution in [3.8, 4) is 5.88 Å². The van der Waals surface area contributed by atoms with Crippen LogP contribution in [0, 0.1) is 5.92 Å². The number of nitrogens with zero attached hydrogens (tertiary/aromatic N) is 5. The van der Waals surface area contributed by atoms with Gasteiger partial charge in [0.2, 0.25) is 11.7 Å². The number of furan rings is 1. The van der Waals surface area contributed by atoms with Gasteiger partial charge in [-0.15, -0.1) is 0 Å². The van der Waals surface area contributed by atoms with Gasteiger partial charge in [-0.3, -0.25) is 0 Å². The van der Waals surface area contributed by atoms with E-state index in [-0.39, 0.29) is 78.9 Å². The molecular weight excluding hydrogens is 655 g/mol. The molecule has 254 valence electrons. The van der Waals surface area contributed by atoms with Gasteiger partial charge in [0.1, 0.15) is 28.9 Å². The number of ether oxygens (including phenoxy) is 2. The second-order valence-electron chi connectivity index (χ2n) is 12.7. The van der Waals surface area contributed by atoms with Crippen LogP contribution in [0.25, 0.3) is 22.1 Å². The van der Waals surface area contributed by atoms with Crippen LogP contribution in [0.2, 0.25) is 5.02 Å². The Hall–Kier alpha value is -4.33. The summed E-state index contributed by atoms with van der Waals surface area (Å²) in [4.78, 5) is 41.1. The Morgan fingerprint density at radius 2 is 1.92 bits per heavy atom. The summed E-state index contributed by atoms with van der Waals surface area (Å²) >= 11 is 6.28. The molecule has 3 aromatic heterocycles. The van der Waals surface area contributed by atoms with E-state index in [4.69, 9.17) is 25.5 Å². The lowest BCUT2D eigenvalue weighted by Gasteiger charge is -2.41. The van der Waals surface area contributed by atoms with E-state index < -0.39 is 54.0 Å². The number of para-hydroxylation sites is 1. The highest BCUT2D eigenvalue weighted by atomic mass is 35.5. The first-order chi connectivity index (χ1) is 22.9. The Morgan fingerprint density at radius 1 is 1.10 bits per heavy atom. The molecule has 6 bridgehead atoms. The third-order valence-corrected chi connectivity index (χ3v) is 9.74. The second kappa shape index (κ2) is 12.3. The van der Waals surface area contributed by atoms with Gasteiger partial charge in [0, 0.05) is 49.9 Å². The monoisotopic (exact) mass is 687 g/mol. The van der Waals surface area contributed by atoms with Crippen LogP contribution >= 0.6 is 11.6 Å². The summed E-state index contributed by atoms with van der Waals surface area (Å²) in [6.45, 7) is 1.68. The first-order valence-electron chi connectivity index (χ1n) is 15.9. The smallest absolute Gasteiger partial charge is 0.409 e. The molecule has 4 aliphatic rings. The van der Waals surface area contributed by atoms with Crippen molar-refractivity contribution < 1.29 is 41.8 Å². The zero-order valence-electron chi connectivity index (χ0n) is 26.0. The number of alkyl halides is 3. The fraction of sp³-hybridized carbons (Fsp3) is 0.485. The van der Waals surface area contributed by atoms with Crippen LogP contribution in [0.3, 0.4) is 0 Å². The van der Waals surface area contributed by atoms with Crippen molar-refractivity contribution in [1.29, 1.82) is 0 Å². The summed E-state index contributed by atoms with van der Waals surface area (Å²) < 4.78 is 66.3. The van der Waals surface area contributed by atoms with Gasteiger partial charge in [0.05, 0.1) is 23.7 Å². The van der Waals surface area contributed by atoms with Gasteiger partial charge in [-0.05, 0) is 37.5 Å². The number of carbonyl (C=O) groups excluding carboxylic acids is 1. The Balaban J connectivity index is 1.33. The number of carboxylic acids is 1. The number of amides is 1. The van der Waals surface area contributed by atoms with Gasteiger partial charge >= 0.3 is 18.0 Å². The van der Waals surface area contributed by atoms with Crippen LogP contribution in [0.4, 0.5) is 23.8 Å². The number of hydrogen-bond acceptors (Lipinski definition) is 9. The average Bonchev–Trinajstić information content (AvgIpc) is 3.66. The minimum Gasteiger partial charge on any atom is -0.480 e. The summed E-state index contributed by atoms with van der Waals surface area (Å²) in [5.74, 6) is -6.34. The highest BCUT2D eigenvalue weighted by Crippen LogP contribution is 2.46. The molecule has 48 heavy (non-hydrogen) atoms. The lowest BCUT2D eigenvalue weighted by molar-refractivity contribution is -0.138. The molecule has 2 fully saturated rings. The number of carbonyl (C=O) groups is 2.